The number of thiophene rings is 1. The fourth-order valence-corrected chi connectivity index (χ4v) is 3.32. The van der Waals surface area contributed by atoms with E-state index in [0.29, 0.717) is 35.4 Å². The first-order chi connectivity index (χ1) is 14.1. The van der Waals surface area contributed by atoms with Gasteiger partial charge in [0.15, 0.2) is 11.7 Å². The predicted molar refractivity (Wildman–Crippen MR) is 105 cm³/mol. The van der Waals surface area contributed by atoms with Gasteiger partial charge in [0.25, 0.3) is 0 Å². The van der Waals surface area contributed by atoms with Crippen LogP contribution in [0.25, 0.3) is 22.1 Å². The molecule has 148 valence electrons. The van der Waals surface area contributed by atoms with Crippen molar-refractivity contribution in [1.82, 2.24) is 9.97 Å². The SMILES string of the molecule is Cc1oc(-c2cccs2)nc1COC(=O)CCc1ncc(-c2ccc(F)cc2)o1. The Bertz CT molecular complexity index is 1100. The van der Waals surface area contributed by atoms with E-state index >= 15 is 0 Å². The molecule has 29 heavy (non-hydrogen) atoms. The highest BCUT2D eigenvalue weighted by atomic mass is 32.1. The molecule has 0 fully saturated rings. The van der Waals surface area contributed by atoms with Gasteiger partial charge in [-0.25, -0.2) is 14.4 Å². The molecule has 0 aliphatic heterocycles. The molecule has 0 saturated carbocycles. The number of nitrogens with zero attached hydrogens (tertiary/aromatic N) is 2. The van der Waals surface area contributed by atoms with Crippen LogP contribution in [0.2, 0.25) is 0 Å². The Balaban J connectivity index is 1.29. The number of carbonyl (C=O) groups is 1. The molecule has 0 atom stereocenters. The average Bonchev–Trinajstić information content (AvgIpc) is 3.46. The number of hydrogen-bond acceptors (Lipinski definition) is 7. The van der Waals surface area contributed by atoms with Crippen LogP contribution in [0.15, 0.2) is 56.8 Å². The number of rotatable bonds is 7. The molecule has 8 heteroatoms. The number of halogens is 1. The van der Waals surface area contributed by atoms with Crippen LogP contribution in [-0.4, -0.2) is 15.9 Å². The number of ether oxygens (including phenoxy) is 1. The normalized spacial score (nSPS) is 11.0. The van der Waals surface area contributed by atoms with Gasteiger partial charge in [-0.3, -0.25) is 4.79 Å². The molecule has 3 heterocycles. The molecule has 0 spiro atoms. The molecule has 3 aromatic heterocycles. The number of carbonyl (C=O) groups excluding carboxylic acids is 1. The third-order valence-corrected chi connectivity index (χ3v) is 5.08. The van der Waals surface area contributed by atoms with E-state index in [0.717, 1.165) is 10.4 Å². The summed E-state index contributed by atoms with van der Waals surface area (Å²) in [6, 6.07) is 9.76. The third kappa shape index (κ3) is 4.60. The van der Waals surface area contributed by atoms with Gasteiger partial charge in [0.1, 0.15) is 23.9 Å². The zero-order valence-electron chi connectivity index (χ0n) is 15.6. The van der Waals surface area contributed by atoms with Crippen LogP contribution in [0.4, 0.5) is 4.39 Å². The maximum Gasteiger partial charge on any atom is 0.306 e. The topological polar surface area (TPSA) is 78.4 Å². The molecule has 0 bridgehead atoms. The Morgan fingerprint density at radius 2 is 2.03 bits per heavy atom. The highest BCUT2D eigenvalue weighted by Gasteiger charge is 2.15. The summed E-state index contributed by atoms with van der Waals surface area (Å²) < 4.78 is 29.6. The maximum atomic E-state index is 13.0. The summed E-state index contributed by atoms with van der Waals surface area (Å²) in [6.07, 6.45) is 1.98. The molecule has 0 unspecified atom stereocenters. The average molecular weight is 412 g/mol. The molecule has 1 aromatic carbocycles. The van der Waals surface area contributed by atoms with Gasteiger partial charge < -0.3 is 13.6 Å². The second-order valence-electron chi connectivity index (χ2n) is 6.29. The van der Waals surface area contributed by atoms with E-state index in [2.05, 4.69) is 9.97 Å². The fraction of sp³-hybridized carbons (Fsp3) is 0.190. The van der Waals surface area contributed by atoms with Crippen LogP contribution in [-0.2, 0) is 22.6 Å². The van der Waals surface area contributed by atoms with Crippen molar-refractivity contribution < 1.29 is 22.8 Å². The fourth-order valence-electron chi connectivity index (χ4n) is 2.67. The van der Waals surface area contributed by atoms with Crippen LogP contribution in [0.1, 0.15) is 23.8 Å². The second kappa shape index (κ2) is 8.40. The highest BCUT2D eigenvalue weighted by molar-refractivity contribution is 7.13. The molecule has 0 radical (unpaired) electrons. The van der Waals surface area contributed by atoms with Gasteiger partial charge in [-0.05, 0) is 42.6 Å². The monoisotopic (exact) mass is 412 g/mol. The molecule has 0 saturated heterocycles. The quantitative estimate of drug-likeness (QED) is 0.389. The lowest BCUT2D eigenvalue weighted by Gasteiger charge is -2.02. The molecule has 6 nitrogen and oxygen atoms in total. The molecule has 0 aliphatic rings. The maximum absolute atomic E-state index is 13.0. The smallest absolute Gasteiger partial charge is 0.306 e. The van der Waals surface area contributed by atoms with Crippen molar-refractivity contribution in [2.45, 2.75) is 26.4 Å². The van der Waals surface area contributed by atoms with E-state index in [4.69, 9.17) is 13.6 Å². The van der Waals surface area contributed by atoms with Crippen LogP contribution in [0.3, 0.4) is 0 Å². The lowest BCUT2D eigenvalue weighted by Crippen LogP contribution is -2.06. The van der Waals surface area contributed by atoms with Crippen molar-refractivity contribution in [3.8, 4) is 22.1 Å². The standard InChI is InChI=1S/C21H17FN2O4S/c1-13-16(24-21(27-13)18-3-2-10-29-18)12-26-20(25)9-8-19-23-11-17(28-19)14-4-6-15(22)7-5-14/h2-7,10-11H,8-9,12H2,1H3. The Labute approximate surface area is 170 Å². The summed E-state index contributed by atoms with van der Waals surface area (Å²) in [5.41, 5.74) is 1.31. The van der Waals surface area contributed by atoms with E-state index in [-0.39, 0.29) is 24.8 Å². The van der Waals surface area contributed by atoms with Crippen molar-refractivity contribution in [1.29, 1.82) is 0 Å². The van der Waals surface area contributed by atoms with Crippen molar-refractivity contribution in [2.75, 3.05) is 0 Å². The van der Waals surface area contributed by atoms with Gasteiger partial charge in [-0.1, -0.05) is 6.07 Å². The molecular weight excluding hydrogens is 395 g/mol. The van der Waals surface area contributed by atoms with Crippen molar-refractivity contribution in [2.24, 2.45) is 0 Å². The van der Waals surface area contributed by atoms with Crippen molar-refractivity contribution in [3.05, 3.63) is 71.1 Å². The minimum Gasteiger partial charge on any atom is -0.459 e. The molecule has 0 N–H and O–H groups in total. The summed E-state index contributed by atoms with van der Waals surface area (Å²) in [6.45, 7) is 1.84. The predicted octanol–water partition coefficient (Wildman–Crippen LogP) is 5.18. The minimum atomic E-state index is -0.383. The van der Waals surface area contributed by atoms with Crippen LogP contribution in [0.5, 0.6) is 0 Å². The summed E-state index contributed by atoms with van der Waals surface area (Å²) in [5.74, 6) is 1.38. The Morgan fingerprint density at radius 3 is 2.79 bits per heavy atom. The van der Waals surface area contributed by atoms with Gasteiger partial charge in [0.2, 0.25) is 5.89 Å². The van der Waals surface area contributed by atoms with Gasteiger partial charge in [0, 0.05) is 12.0 Å². The first-order valence-corrected chi connectivity index (χ1v) is 9.83. The van der Waals surface area contributed by atoms with Crippen LogP contribution < -0.4 is 0 Å². The third-order valence-electron chi connectivity index (χ3n) is 4.22. The van der Waals surface area contributed by atoms with E-state index in [1.165, 1.54) is 23.5 Å². The molecular formula is C21H17FN2O4S. The van der Waals surface area contributed by atoms with Gasteiger partial charge in [-0.2, -0.15) is 0 Å². The van der Waals surface area contributed by atoms with E-state index < -0.39 is 0 Å². The highest BCUT2D eigenvalue weighted by Crippen LogP contribution is 2.26. The summed E-state index contributed by atoms with van der Waals surface area (Å²) in [7, 11) is 0. The van der Waals surface area contributed by atoms with Gasteiger partial charge in [0.05, 0.1) is 17.5 Å². The minimum absolute atomic E-state index is 0.0476. The molecule has 0 aliphatic carbocycles. The van der Waals surface area contributed by atoms with Crippen LogP contribution >= 0.6 is 11.3 Å². The number of aromatic nitrogens is 2. The van der Waals surface area contributed by atoms with Gasteiger partial charge in [-0.15, -0.1) is 11.3 Å². The first kappa shape index (κ1) is 19.1. The van der Waals surface area contributed by atoms with Crippen LogP contribution in [0, 0.1) is 12.7 Å². The number of esters is 1. The van der Waals surface area contributed by atoms with E-state index in [1.807, 2.05) is 17.5 Å². The Kier molecular flexibility index (Phi) is 5.53. The molecule has 4 aromatic rings. The van der Waals surface area contributed by atoms with Crippen molar-refractivity contribution >= 4 is 17.3 Å². The van der Waals surface area contributed by atoms with E-state index in [9.17, 15) is 9.18 Å². The number of aryl methyl sites for hydroxylation is 2. The Morgan fingerprint density at radius 1 is 1.21 bits per heavy atom. The van der Waals surface area contributed by atoms with Gasteiger partial charge >= 0.3 is 5.97 Å². The summed E-state index contributed by atoms with van der Waals surface area (Å²) >= 11 is 1.53. The van der Waals surface area contributed by atoms with Crippen molar-refractivity contribution in [3.63, 3.8) is 0 Å². The molecule has 4 rings (SSSR count). The lowest BCUT2D eigenvalue weighted by atomic mass is 10.2. The largest absolute Gasteiger partial charge is 0.459 e. The summed E-state index contributed by atoms with van der Waals surface area (Å²) in [4.78, 5) is 21.5. The molecule has 0 amide bonds. The number of benzene rings is 1. The summed E-state index contributed by atoms with van der Waals surface area (Å²) in [5, 5.41) is 1.94. The number of hydrogen-bond donors (Lipinski definition) is 0. The second-order valence-corrected chi connectivity index (χ2v) is 7.23. The Hall–Kier alpha value is -3.26. The number of oxazole rings is 2. The zero-order chi connectivity index (χ0) is 20.2. The van der Waals surface area contributed by atoms with E-state index in [1.54, 1.807) is 25.3 Å². The lowest BCUT2D eigenvalue weighted by molar-refractivity contribution is -0.145. The first-order valence-electron chi connectivity index (χ1n) is 8.95. The zero-order valence-corrected chi connectivity index (χ0v) is 16.4.